The van der Waals surface area contributed by atoms with Crippen LogP contribution in [0.3, 0.4) is 0 Å². The molecule has 0 heterocycles. The molecule has 6 heteroatoms. The zero-order valence-corrected chi connectivity index (χ0v) is 7.11. The molecule has 13 heavy (non-hydrogen) atoms. The van der Waals surface area contributed by atoms with Crippen LogP contribution in [-0.4, -0.2) is 24.9 Å². The van der Waals surface area contributed by atoms with E-state index in [4.69, 9.17) is 14.8 Å². The molecular formula is C7H6O5S. The normalized spacial score (nSPS) is 12.4. The zero-order chi connectivity index (χ0) is 10.0. The van der Waals surface area contributed by atoms with Gasteiger partial charge in [-0.05, 0) is 18.2 Å². The van der Waals surface area contributed by atoms with Gasteiger partial charge in [-0.1, -0.05) is 0 Å². The van der Waals surface area contributed by atoms with Crippen LogP contribution in [0.4, 0.5) is 0 Å². The van der Waals surface area contributed by atoms with Gasteiger partial charge in [0.15, 0.2) is 11.1 Å². The molecule has 0 aliphatic rings. The Morgan fingerprint density at radius 1 is 1.38 bits per heavy atom. The van der Waals surface area contributed by atoms with Crippen molar-refractivity contribution in [1.29, 1.82) is 0 Å². The van der Waals surface area contributed by atoms with Crippen molar-refractivity contribution in [2.45, 2.75) is 4.90 Å². The molecule has 0 fully saturated rings. The molecule has 1 aromatic rings. The summed E-state index contributed by atoms with van der Waals surface area (Å²) in [6.45, 7) is 0. The Balaban J connectivity index is 3.20. The lowest BCUT2D eigenvalue weighted by molar-refractivity contribution is 0.0693. The van der Waals surface area contributed by atoms with E-state index in [9.17, 15) is 9.00 Å². The monoisotopic (exact) mass is 202 g/mol. The minimum Gasteiger partial charge on any atom is -0.507 e. The van der Waals surface area contributed by atoms with Crippen LogP contribution in [0.2, 0.25) is 0 Å². The number of aromatic hydroxyl groups is 1. The maximum absolute atomic E-state index is 10.5. The fourth-order valence-electron chi connectivity index (χ4n) is 0.801. The van der Waals surface area contributed by atoms with E-state index in [2.05, 4.69) is 0 Å². The van der Waals surface area contributed by atoms with Crippen LogP contribution in [0.15, 0.2) is 23.1 Å². The van der Waals surface area contributed by atoms with Crippen LogP contribution in [0.5, 0.6) is 5.75 Å². The molecule has 70 valence electrons. The first-order chi connectivity index (χ1) is 6.02. The molecule has 0 spiro atoms. The Bertz CT molecular complexity index is 373. The Labute approximate surface area is 75.9 Å². The second-order valence-electron chi connectivity index (χ2n) is 2.23. The van der Waals surface area contributed by atoms with Gasteiger partial charge < -0.3 is 14.8 Å². The van der Waals surface area contributed by atoms with E-state index in [-0.39, 0.29) is 10.5 Å². The third kappa shape index (κ3) is 2.04. The zero-order valence-electron chi connectivity index (χ0n) is 6.30. The van der Waals surface area contributed by atoms with Gasteiger partial charge in [0, 0.05) is 0 Å². The number of aromatic carboxylic acids is 1. The van der Waals surface area contributed by atoms with E-state index in [0.29, 0.717) is 0 Å². The van der Waals surface area contributed by atoms with E-state index in [1.54, 1.807) is 0 Å². The van der Waals surface area contributed by atoms with Crippen LogP contribution >= 0.6 is 0 Å². The summed E-state index contributed by atoms with van der Waals surface area (Å²) in [6.07, 6.45) is 0. The van der Waals surface area contributed by atoms with Crippen molar-refractivity contribution in [3.63, 3.8) is 0 Å². The third-order valence-corrected chi connectivity index (χ3v) is 2.06. The smallest absolute Gasteiger partial charge is 0.339 e. The minimum absolute atomic E-state index is 0.0394. The largest absolute Gasteiger partial charge is 0.507 e. The van der Waals surface area contributed by atoms with Crippen LogP contribution in [0.25, 0.3) is 0 Å². The van der Waals surface area contributed by atoms with Crippen LogP contribution < -0.4 is 0 Å². The Hall–Kier alpha value is -1.40. The molecule has 0 radical (unpaired) electrons. The molecule has 1 rings (SSSR count). The van der Waals surface area contributed by atoms with Gasteiger partial charge in [-0.2, -0.15) is 0 Å². The molecule has 0 aliphatic heterocycles. The average Bonchev–Trinajstić information content (AvgIpc) is 2.03. The summed E-state index contributed by atoms with van der Waals surface area (Å²) in [5.41, 5.74) is -0.297. The number of carbonyl (C=O) groups is 1. The van der Waals surface area contributed by atoms with E-state index in [1.807, 2.05) is 0 Å². The molecule has 3 N–H and O–H groups in total. The average molecular weight is 202 g/mol. The highest BCUT2D eigenvalue weighted by molar-refractivity contribution is 7.79. The highest BCUT2D eigenvalue weighted by atomic mass is 32.2. The van der Waals surface area contributed by atoms with E-state index in [0.717, 1.165) is 12.1 Å². The summed E-state index contributed by atoms with van der Waals surface area (Å²) in [5, 5.41) is 17.6. The SMILES string of the molecule is O=C(O)c1ccc(S(=O)O)cc1O. The fraction of sp³-hybridized carbons (Fsp3) is 0. The number of hydrogen-bond acceptors (Lipinski definition) is 3. The van der Waals surface area contributed by atoms with Gasteiger partial charge in [-0.3, -0.25) is 0 Å². The van der Waals surface area contributed by atoms with Crippen molar-refractivity contribution in [2.75, 3.05) is 0 Å². The summed E-state index contributed by atoms with van der Waals surface area (Å²) >= 11 is -2.21. The first-order valence-corrected chi connectivity index (χ1v) is 4.30. The number of rotatable bonds is 2. The van der Waals surface area contributed by atoms with Gasteiger partial charge in [0.25, 0.3) is 0 Å². The molecule has 0 aliphatic carbocycles. The van der Waals surface area contributed by atoms with Crippen molar-refractivity contribution in [1.82, 2.24) is 0 Å². The summed E-state index contributed by atoms with van der Waals surface area (Å²) in [5.74, 6) is -1.81. The third-order valence-electron chi connectivity index (χ3n) is 1.40. The lowest BCUT2D eigenvalue weighted by Gasteiger charge is -2.00. The molecule has 1 unspecified atom stereocenters. The second-order valence-corrected chi connectivity index (χ2v) is 3.20. The van der Waals surface area contributed by atoms with Crippen molar-refractivity contribution < 1.29 is 23.8 Å². The number of phenols is 1. The topological polar surface area (TPSA) is 94.8 Å². The molecule has 1 atom stereocenters. The van der Waals surface area contributed by atoms with Gasteiger partial charge in [0.2, 0.25) is 0 Å². The fourth-order valence-corrected chi connectivity index (χ4v) is 1.20. The highest BCUT2D eigenvalue weighted by Crippen LogP contribution is 2.20. The van der Waals surface area contributed by atoms with Crippen LogP contribution in [0.1, 0.15) is 10.4 Å². The summed E-state index contributed by atoms with van der Waals surface area (Å²) in [6, 6.07) is 3.18. The molecule has 5 nitrogen and oxygen atoms in total. The van der Waals surface area contributed by atoms with E-state index < -0.39 is 22.8 Å². The Morgan fingerprint density at radius 2 is 2.00 bits per heavy atom. The highest BCUT2D eigenvalue weighted by Gasteiger charge is 2.11. The maximum Gasteiger partial charge on any atom is 0.339 e. The number of benzene rings is 1. The molecule has 0 amide bonds. The lowest BCUT2D eigenvalue weighted by Crippen LogP contribution is -1.97. The summed E-state index contributed by atoms with van der Waals surface area (Å²) < 4.78 is 19.1. The number of carboxylic acids is 1. The lowest BCUT2D eigenvalue weighted by atomic mass is 10.2. The maximum atomic E-state index is 10.5. The van der Waals surface area contributed by atoms with E-state index in [1.165, 1.54) is 6.07 Å². The predicted molar refractivity (Wildman–Crippen MR) is 44.1 cm³/mol. The Kier molecular flexibility index (Phi) is 2.64. The first kappa shape index (κ1) is 9.69. The van der Waals surface area contributed by atoms with Gasteiger partial charge in [-0.15, -0.1) is 0 Å². The molecule has 0 saturated carbocycles. The Morgan fingerprint density at radius 3 is 2.38 bits per heavy atom. The van der Waals surface area contributed by atoms with Gasteiger partial charge in [0.1, 0.15) is 11.3 Å². The minimum atomic E-state index is -2.21. The number of hydrogen-bond donors (Lipinski definition) is 3. The summed E-state index contributed by atoms with van der Waals surface area (Å²) in [4.78, 5) is 10.4. The predicted octanol–water partition coefficient (Wildman–Crippen LogP) is 0.671. The standard InChI is InChI=1S/C7H6O5S/c8-6-3-4(13(11)12)1-2-5(6)7(9)10/h1-3,8H,(H,9,10)(H,11,12). The van der Waals surface area contributed by atoms with Gasteiger partial charge >= 0.3 is 5.97 Å². The summed E-state index contributed by atoms with van der Waals surface area (Å²) in [7, 11) is 0. The first-order valence-electron chi connectivity index (χ1n) is 3.19. The van der Waals surface area contributed by atoms with E-state index >= 15 is 0 Å². The van der Waals surface area contributed by atoms with Crippen molar-refractivity contribution in [3.8, 4) is 5.75 Å². The van der Waals surface area contributed by atoms with Crippen molar-refractivity contribution >= 4 is 17.0 Å². The van der Waals surface area contributed by atoms with Crippen LogP contribution in [-0.2, 0) is 11.1 Å². The van der Waals surface area contributed by atoms with Gasteiger partial charge in [-0.25, -0.2) is 9.00 Å². The molecule has 0 bridgehead atoms. The molecule has 0 aromatic heterocycles. The second kappa shape index (κ2) is 3.55. The molecular weight excluding hydrogens is 196 g/mol. The quantitative estimate of drug-likeness (QED) is 0.612. The molecule has 0 saturated heterocycles. The van der Waals surface area contributed by atoms with Crippen molar-refractivity contribution in [2.24, 2.45) is 0 Å². The van der Waals surface area contributed by atoms with Gasteiger partial charge in [0.05, 0.1) is 4.90 Å². The van der Waals surface area contributed by atoms with Crippen molar-refractivity contribution in [3.05, 3.63) is 23.8 Å². The number of carboxylic acid groups (broad SMARTS) is 1. The van der Waals surface area contributed by atoms with Crippen LogP contribution in [0, 0.1) is 0 Å². The molecule has 1 aromatic carbocycles.